The van der Waals surface area contributed by atoms with Gasteiger partial charge in [-0.1, -0.05) is 37.5 Å². The number of ether oxygens (including phenoxy) is 1. The van der Waals surface area contributed by atoms with E-state index in [4.69, 9.17) is 9.72 Å². The van der Waals surface area contributed by atoms with Crippen molar-refractivity contribution < 1.29 is 4.74 Å². The van der Waals surface area contributed by atoms with E-state index in [0.717, 1.165) is 37.7 Å². The SMILES string of the molecule is CN(c1ncccc1CNCc1ccc2c(c1)CCO2)C1CCCCC1. The minimum atomic E-state index is 0.633. The lowest BCUT2D eigenvalue weighted by Gasteiger charge is -2.33. The third kappa shape index (κ3) is 3.85. The second-order valence-electron chi connectivity index (χ2n) is 7.53. The number of nitrogens with zero attached hydrogens (tertiary/aromatic N) is 2. The summed E-state index contributed by atoms with van der Waals surface area (Å²) in [5.74, 6) is 2.19. The lowest BCUT2D eigenvalue weighted by Crippen LogP contribution is -2.35. The summed E-state index contributed by atoms with van der Waals surface area (Å²) in [4.78, 5) is 7.10. The molecule has 1 aliphatic heterocycles. The molecule has 1 aromatic carbocycles. The van der Waals surface area contributed by atoms with Crippen molar-refractivity contribution >= 4 is 5.82 Å². The summed E-state index contributed by atoms with van der Waals surface area (Å²) in [5.41, 5.74) is 3.94. The lowest BCUT2D eigenvalue weighted by molar-refractivity contribution is 0.357. The van der Waals surface area contributed by atoms with Crippen LogP contribution in [0.2, 0.25) is 0 Å². The van der Waals surface area contributed by atoms with Gasteiger partial charge in [-0.3, -0.25) is 0 Å². The summed E-state index contributed by atoms with van der Waals surface area (Å²) in [6.07, 6.45) is 9.59. The fraction of sp³-hybridized carbons (Fsp3) is 0.500. The van der Waals surface area contributed by atoms with Crippen LogP contribution in [-0.2, 0) is 19.5 Å². The number of pyridine rings is 1. The lowest BCUT2D eigenvalue weighted by atomic mass is 9.94. The topological polar surface area (TPSA) is 37.4 Å². The van der Waals surface area contributed by atoms with Crippen molar-refractivity contribution in [3.8, 4) is 5.75 Å². The molecule has 4 rings (SSSR count). The molecule has 0 radical (unpaired) electrons. The Morgan fingerprint density at radius 3 is 2.92 bits per heavy atom. The van der Waals surface area contributed by atoms with E-state index in [-0.39, 0.29) is 0 Å². The molecule has 4 heteroatoms. The largest absolute Gasteiger partial charge is 0.493 e. The van der Waals surface area contributed by atoms with Crippen LogP contribution in [0.15, 0.2) is 36.5 Å². The van der Waals surface area contributed by atoms with Crippen LogP contribution >= 0.6 is 0 Å². The van der Waals surface area contributed by atoms with Gasteiger partial charge in [0.05, 0.1) is 6.61 Å². The summed E-state index contributed by atoms with van der Waals surface area (Å²) < 4.78 is 5.59. The fourth-order valence-electron chi connectivity index (χ4n) is 4.22. The van der Waals surface area contributed by atoms with Crippen LogP contribution in [0, 0.1) is 0 Å². The smallest absolute Gasteiger partial charge is 0.132 e. The first-order valence-electron chi connectivity index (χ1n) is 9.93. The van der Waals surface area contributed by atoms with Gasteiger partial charge in [0.1, 0.15) is 11.6 Å². The maximum atomic E-state index is 5.59. The summed E-state index contributed by atoms with van der Waals surface area (Å²) in [6, 6.07) is 11.4. The average Bonchev–Trinajstić information content (AvgIpc) is 3.16. The molecule has 2 aromatic rings. The van der Waals surface area contributed by atoms with E-state index < -0.39 is 0 Å². The highest BCUT2D eigenvalue weighted by Crippen LogP contribution is 2.28. The molecule has 0 atom stereocenters. The third-order valence-corrected chi connectivity index (χ3v) is 5.72. The first-order chi connectivity index (χ1) is 12.8. The molecular weight excluding hydrogens is 322 g/mol. The van der Waals surface area contributed by atoms with Gasteiger partial charge in [-0.2, -0.15) is 0 Å². The predicted octanol–water partition coefficient (Wildman–Crippen LogP) is 4.08. The van der Waals surface area contributed by atoms with Crippen LogP contribution in [0.4, 0.5) is 5.82 Å². The Hall–Kier alpha value is -2.07. The van der Waals surface area contributed by atoms with Gasteiger partial charge in [0.2, 0.25) is 0 Å². The second-order valence-corrected chi connectivity index (χ2v) is 7.53. The number of rotatable bonds is 6. The van der Waals surface area contributed by atoms with Crippen LogP contribution in [0.1, 0.15) is 48.8 Å². The summed E-state index contributed by atoms with van der Waals surface area (Å²) >= 11 is 0. The molecule has 0 amide bonds. The number of hydrogen-bond donors (Lipinski definition) is 1. The highest BCUT2D eigenvalue weighted by molar-refractivity contribution is 5.47. The van der Waals surface area contributed by atoms with Gasteiger partial charge < -0.3 is 15.0 Å². The molecule has 1 aliphatic carbocycles. The van der Waals surface area contributed by atoms with Gasteiger partial charge in [-0.05, 0) is 36.1 Å². The average molecular weight is 351 g/mol. The van der Waals surface area contributed by atoms with Crippen molar-refractivity contribution in [2.45, 2.75) is 57.7 Å². The Kier molecular flexibility index (Phi) is 5.40. The summed E-state index contributed by atoms with van der Waals surface area (Å²) in [6.45, 7) is 2.53. The molecule has 1 N–H and O–H groups in total. The Morgan fingerprint density at radius 1 is 1.15 bits per heavy atom. The molecule has 1 aromatic heterocycles. The Bertz CT molecular complexity index is 740. The van der Waals surface area contributed by atoms with Crippen molar-refractivity contribution in [3.05, 3.63) is 53.2 Å². The summed E-state index contributed by atoms with van der Waals surface area (Å²) in [7, 11) is 2.21. The summed E-state index contributed by atoms with van der Waals surface area (Å²) in [5, 5.41) is 3.60. The number of anilines is 1. The van der Waals surface area contributed by atoms with E-state index >= 15 is 0 Å². The fourth-order valence-corrected chi connectivity index (χ4v) is 4.22. The monoisotopic (exact) mass is 351 g/mol. The van der Waals surface area contributed by atoms with Crippen molar-refractivity contribution in [2.24, 2.45) is 0 Å². The van der Waals surface area contributed by atoms with Crippen LogP contribution in [0.5, 0.6) is 5.75 Å². The molecule has 4 nitrogen and oxygen atoms in total. The molecule has 2 aliphatic rings. The molecule has 0 spiro atoms. The molecule has 1 fully saturated rings. The van der Waals surface area contributed by atoms with Crippen molar-refractivity contribution in [1.29, 1.82) is 0 Å². The normalized spacial score (nSPS) is 17.0. The minimum Gasteiger partial charge on any atom is -0.493 e. The first-order valence-corrected chi connectivity index (χ1v) is 9.93. The maximum absolute atomic E-state index is 5.59. The van der Waals surface area contributed by atoms with E-state index in [1.165, 1.54) is 48.8 Å². The molecule has 1 saturated carbocycles. The predicted molar refractivity (Wildman–Crippen MR) is 106 cm³/mol. The van der Waals surface area contributed by atoms with Gasteiger partial charge in [0.25, 0.3) is 0 Å². The molecule has 0 saturated heterocycles. The van der Waals surface area contributed by atoms with E-state index in [2.05, 4.69) is 41.5 Å². The van der Waals surface area contributed by atoms with E-state index in [1.807, 2.05) is 12.3 Å². The molecule has 2 heterocycles. The maximum Gasteiger partial charge on any atom is 0.132 e. The standard InChI is InChI=1S/C22H29N3O/c1-25(20-7-3-2-4-8-20)22-19(6-5-12-24-22)16-23-15-17-9-10-21-18(14-17)11-13-26-21/h5-6,9-10,12,14,20,23H,2-4,7-8,11,13,15-16H2,1H3. The van der Waals surface area contributed by atoms with E-state index in [1.54, 1.807) is 0 Å². The Balaban J connectivity index is 1.39. The zero-order valence-corrected chi connectivity index (χ0v) is 15.7. The van der Waals surface area contributed by atoms with Crippen LogP contribution in [-0.4, -0.2) is 24.7 Å². The molecule has 0 bridgehead atoms. The van der Waals surface area contributed by atoms with Crippen LogP contribution in [0.3, 0.4) is 0 Å². The van der Waals surface area contributed by atoms with Crippen LogP contribution < -0.4 is 15.0 Å². The van der Waals surface area contributed by atoms with Gasteiger partial charge in [0, 0.05) is 44.4 Å². The van der Waals surface area contributed by atoms with Gasteiger partial charge in [-0.25, -0.2) is 4.98 Å². The Labute approximate surface area is 156 Å². The first kappa shape index (κ1) is 17.3. The van der Waals surface area contributed by atoms with Gasteiger partial charge in [-0.15, -0.1) is 0 Å². The molecular formula is C22H29N3O. The highest BCUT2D eigenvalue weighted by Gasteiger charge is 2.20. The van der Waals surface area contributed by atoms with Crippen LogP contribution in [0.25, 0.3) is 0 Å². The molecule has 138 valence electrons. The van der Waals surface area contributed by atoms with Crippen molar-refractivity contribution in [2.75, 3.05) is 18.6 Å². The number of aromatic nitrogens is 1. The number of hydrogen-bond acceptors (Lipinski definition) is 4. The zero-order valence-electron chi connectivity index (χ0n) is 15.7. The number of nitrogens with one attached hydrogen (secondary N) is 1. The van der Waals surface area contributed by atoms with Crippen molar-refractivity contribution in [3.63, 3.8) is 0 Å². The number of fused-ring (bicyclic) bond motifs is 1. The minimum absolute atomic E-state index is 0.633. The Morgan fingerprint density at radius 2 is 2.04 bits per heavy atom. The number of benzene rings is 1. The van der Waals surface area contributed by atoms with Crippen molar-refractivity contribution in [1.82, 2.24) is 10.3 Å². The second kappa shape index (κ2) is 8.09. The molecule has 0 unspecified atom stereocenters. The third-order valence-electron chi connectivity index (χ3n) is 5.72. The van der Waals surface area contributed by atoms with E-state index in [9.17, 15) is 0 Å². The highest BCUT2D eigenvalue weighted by atomic mass is 16.5. The van der Waals surface area contributed by atoms with Gasteiger partial charge in [0.15, 0.2) is 0 Å². The molecule has 26 heavy (non-hydrogen) atoms. The van der Waals surface area contributed by atoms with E-state index in [0.29, 0.717) is 6.04 Å². The van der Waals surface area contributed by atoms with Gasteiger partial charge >= 0.3 is 0 Å². The zero-order chi connectivity index (χ0) is 17.8. The quantitative estimate of drug-likeness (QED) is 0.851.